The van der Waals surface area contributed by atoms with E-state index in [-0.39, 0.29) is 17.5 Å². The number of carbonyl (C=O) groups is 1. The maximum Gasteiger partial charge on any atom is 0.167 e. The monoisotopic (exact) mass is 345 g/mol. The van der Waals surface area contributed by atoms with E-state index >= 15 is 0 Å². The van der Waals surface area contributed by atoms with Crippen LogP contribution in [0.15, 0.2) is 30.6 Å². The summed E-state index contributed by atoms with van der Waals surface area (Å²) in [5.74, 6) is -0.416. The molecule has 0 radical (unpaired) electrons. The first-order chi connectivity index (χ1) is 12.1. The number of aryl methyl sites for hydroxylation is 1. The molecular weight excluding hydrogens is 321 g/mol. The molecular formula is C19H24FN3O2. The number of ether oxygens (including phenoxy) is 1. The number of benzene rings is 1. The van der Waals surface area contributed by atoms with Crippen molar-refractivity contribution in [3.63, 3.8) is 0 Å². The SMILES string of the molecule is CCn1cc(CN2CCCC(C(=O)c3ccc(OC)c(F)c3)C2)cn1. The normalized spacial score (nSPS) is 18.3. The molecule has 1 unspecified atom stereocenters. The summed E-state index contributed by atoms with van der Waals surface area (Å²) in [6.45, 7) is 5.37. The average Bonchev–Trinajstić information content (AvgIpc) is 3.09. The van der Waals surface area contributed by atoms with Crippen LogP contribution in [0, 0.1) is 11.7 Å². The number of carbonyl (C=O) groups excluding carboxylic acids is 1. The number of methoxy groups -OCH3 is 1. The molecule has 1 atom stereocenters. The minimum Gasteiger partial charge on any atom is -0.494 e. The van der Waals surface area contributed by atoms with Crippen molar-refractivity contribution in [3.8, 4) is 5.75 Å². The van der Waals surface area contributed by atoms with Crippen LogP contribution in [0.25, 0.3) is 0 Å². The van der Waals surface area contributed by atoms with Gasteiger partial charge in [-0.15, -0.1) is 0 Å². The van der Waals surface area contributed by atoms with E-state index < -0.39 is 5.82 Å². The van der Waals surface area contributed by atoms with Crippen molar-refractivity contribution in [3.05, 3.63) is 47.5 Å². The van der Waals surface area contributed by atoms with Crippen LogP contribution < -0.4 is 4.74 Å². The van der Waals surface area contributed by atoms with E-state index in [1.165, 1.54) is 19.2 Å². The molecule has 1 saturated heterocycles. The van der Waals surface area contributed by atoms with E-state index in [4.69, 9.17) is 4.74 Å². The first-order valence-electron chi connectivity index (χ1n) is 8.72. The molecule has 6 heteroatoms. The molecule has 1 aromatic heterocycles. The first-order valence-corrected chi connectivity index (χ1v) is 8.72. The molecule has 0 N–H and O–H groups in total. The van der Waals surface area contributed by atoms with Gasteiger partial charge in [0, 0.05) is 42.9 Å². The summed E-state index contributed by atoms with van der Waals surface area (Å²) in [4.78, 5) is 15.0. The number of halogens is 1. The van der Waals surface area contributed by atoms with Gasteiger partial charge in [-0.2, -0.15) is 5.10 Å². The van der Waals surface area contributed by atoms with E-state index in [9.17, 15) is 9.18 Å². The van der Waals surface area contributed by atoms with Gasteiger partial charge in [-0.25, -0.2) is 4.39 Å². The molecule has 0 saturated carbocycles. The number of piperidine rings is 1. The van der Waals surface area contributed by atoms with Gasteiger partial charge in [0.25, 0.3) is 0 Å². The van der Waals surface area contributed by atoms with E-state index in [0.717, 1.165) is 38.0 Å². The van der Waals surface area contributed by atoms with Crippen LogP contribution in [-0.4, -0.2) is 40.7 Å². The van der Waals surface area contributed by atoms with E-state index in [1.807, 2.05) is 17.1 Å². The molecule has 2 heterocycles. The maximum absolute atomic E-state index is 13.9. The summed E-state index contributed by atoms with van der Waals surface area (Å²) in [6, 6.07) is 4.45. The third kappa shape index (κ3) is 4.07. The molecule has 3 rings (SSSR count). The topological polar surface area (TPSA) is 47.4 Å². The van der Waals surface area contributed by atoms with Crippen molar-refractivity contribution in [1.29, 1.82) is 0 Å². The standard InChI is InChI=1S/C19H24FN3O2/c1-3-23-12-14(10-21-23)11-22-8-4-5-16(13-22)19(24)15-6-7-18(25-2)17(20)9-15/h6-7,9-10,12,16H,3-5,8,11,13H2,1-2H3. The highest BCUT2D eigenvalue weighted by Crippen LogP contribution is 2.25. The number of ketones is 1. The summed E-state index contributed by atoms with van der Waals surface area (Å²) >= 11 is 0. The van der Waals surface area contributed by atoms with Crippen molar-refractivity contribution in [2.45, 2.75) is 32.9 Å². The van der Waals surface area contributed by atoms with Gasteiger partial charge < -0.3 is 4.74 Å². The second-order valence-corrected chi connectivity index (χ2v) is 6.49. The molecule has 0 spiro atoms. The predicted octanol–water partition coefficient (Wildman–Crippen LogP) is 3.15. The number of rotatable bonds is 6. The molecule has 1 aliphatic heterocycles. The minimum absolute atomic E-state index is 0.00973. The number of hydrogen-bond acceptors (Lipinski definition) is 4. The van der Waals surface area contributed by atoms with E-state index in [2.05, 4.69) is 16.9 Å². The Kier molecular flexibility index (Phi) is 5.48. The quantitative estimate of drug-likeness (QED) is 0.755. The molecule has 0 amide bonds. The van der Waals surface area contributed by atoms with Gasteiger partial charge >= 0.3 is 0 Å². The molecule has 0 aliphatic carbocycles. The lowest BCUT2D eigenvalue weighted by molar-refractivity contribution is 0.0811. The Labute approximate surface area is 147 Å². The number of likely N-dealkylation sites (tertiary alicyclic amines) is 1. The molecule has 2 aromatic rings. The minimum atomic E-state index is -0.493. The molecule has 25 heavy (non-hydrogen) atoms. The van der Waals surface area contributed by atoms with Crippen molar-refractivity contribution < 1.29 is 13.9 Å². The maximum atomic E-state index is 13.9. The Hall–Kier alpha value is -2.21. The molecule has 1 aromatic carbocycles. The van der Waals surface area contributed by atoms with Gasteiger partial charge in [-0.05, 0) is 44.5 Å². The molecule has 1 aliphatic rings. The van der Waals surface area contributed by atoms with Gasteiger partial charge in [0.2, 0.25) is 0 Å². The summed E-state index contributed by atoms with van der Waals surface area (Å²) < 4.78 is 20.7. The molecule has 0 bridgehead atoms. The fourth-order valence-corrected chi connectivity index (χ4v) is 3.39. The van der Waals surface area contributed by atoms with E-state index in [0.29, 0.717) is 12.1 Å². The lowest BCUT2D eigenvalue weighted by Crippen LogP contribution is -2.38. The third-order valence-corrected chi connectivity index (χ3v) is 4.73. The summed E-state index contributed by atoms with van der Waals surface area (Å²) in [5.41, 5.74) is 1.58. The lowest BCUT2D eigenvalue weighted by Gasteiger charge is -2.31. The van der Waals surface area contributed by atoms with E-state index in [1.54, 1.807) is 6.07 Å². The highest BCUT2D eigenvalue weighted by atomic mass is 19.1. The van der Waals surface area contributed by atoms with Crippen molar-refractivity contribution in [2.24, 2.45) is 5.92 Å². The largest absolute Gasteiger partial charge is 0.494 e. The zero-order chi connectivity index (χ0) is 17.8. The zero-order valence-electron chi connectivity index (χ0n) is 14.7. The van der Waals surface area contributed by atoms with Crippen LogP contribution >= 0.6 is 0 Å². The van der Waals surface area contributed by atoms with Crippen LogP contribution in [0.3, 0.4) is 0 Å². The smallest absolute Gasteiger partial charge is 0.167 e. The molecule has 5 nitrogen and oxygen atoms in total. The number of nitrogens with zero attached hydrogens (tertiary/aromatic N) is 3. The summed E-state index contributed by atoms with van der Waals surface area (Å²) in [6.07, 6.45) is 5.74. The molecule has 1 fully saturated rings. The zero-order valence-corrected chi connectivity index (χ0v) is 14.7. The van der Waals surface area contributed by atoms with Crippen LogP contribution in [0.2, 0.25) is 0 Å². The lowest BCUT2D eigenvalue weighted by atomic mass is 9.90. The van der Waals surface area contributed by atoms with Gasteiger partial charge in [-0.3, -0.25) is 14.4 Å². The summed E-state index contributed by atoms with van der Waals surface area (Å²) in [7, 11) is 1.42. The Morgan fingerprint density at radius 3 is 2.96 bits per heavy atom. The van der Waals surface area contributed by atoms with Crippen LogP contribution in [0.1, 0.15) is 35.7 Å². The molecule has 134 valence electrons. The fourth-order valence-electron chi connectivity index (χ4n) is 3.39. The number of Topliss-reactive ketones (excluding diaryl/α,β-unsaturated/α-hetero) is 1. The highest BCUT2D eigenvalue weighted by molar-refractivity contribution is 5.98. The van der Waals surface area contributed by atoms with Crippen molar-refractivity contribution in [1.82, 2.24) is 14.7 Å². The fraction of sp³-hybridized carbons (Fsp3) is 0.474. The van der Waals surface area contributed by atoms with Gasteiger partial charge in [0.15, 0.2) is 17.3 Å². The Balaban J connectivity index is 1.66. The second kappa shape index (κ2) is 7.78. The first kappa shape index (κ1) is 17.6. The average molecular weight is 345 g/mol. The predicted molar refractivity (Wildman–Crippen MR) is 93.2 cm³/mol. The Bertz CT molecular complexity index is 744. The Morgan fingerprint density at radius 1 is 1.44 bits per heavy atom. The van der Waals surface area contributed by atoms with Gasteiger partial charge in [0.05, 0.1) is 13.3 Å². The highest BCUT2D eigenvalue weighted by Gasteiger charge is 2.27. The van der Waals surface area contributed by atoms with Crippen LogP contribution in [0.4, 0.5) is 4.39 Å². The van der Waals surface area contributed by atoms with Gasteiger partial charge in [-0.1, -0.05) is 0 Å². The van der Waals surface area contributed by atoms with Crippen LogP contribution in [0.5, 0.6) is 5.75 Å². The van der Waals surface area contributed by atoms with Crippen LogP contribution in [-0.2, 0) is 13.1 Å². The number of aromatic nitrogens is 2. The summed E-state index contributed by atoms with van der Waals surface area (Å²) in [5, 5.41) is 4.30. The van der Waals surface area contributed by atoms with Crippen molar-refractivity contribution >= 4 is 5.78 Å². The number of hydrogen-bond donors (Lipinski definition) is 0. The second-order valence-electron chi connectivity index (χ2n) is 6.49. The van der Waals surface area contributed by atoms with Gasteiger partial charge in [0.1, 0.15) is 0 Å². The van der Waals surface area contributed by atoms with Crippen molar-refractivity contribution in [2.75, 3.05) is 20.2 Å². The Morgan fingerprint density at radius 2 is 2.28 bits per heavy atom. The third-order valence-electron chi connectivity index (χ3n) is 4.73.